The first-order valence-electron chi connectivity index (χ1n) is 10.1. The van der Waals surface area contributed by atoms with Gasteiger partial charge in [-0.1, -0.05) is 12.1 Å². The molecule has 0 fully saturated rings. The number of benzene rings is 3. The second-order valence-electron chi connectivity index (χ2n) is 6.66. The van der Waals surface area contributed by atoms with Crippen molar-refractivity contribution in [3.63, 3.8) is 0 Å². The van der Waals surface area contributed by atoms with E-state index in [9.17, 15) is 9.59 Å². The van der Waals surface area contributed by atoms with Crippen molar-refractivity contribution < 1.29 is 28.5 Å². The van der Waals surface area contributed by atoms with Gasteiger partial charge in [0.2, 0.25) is 0 Å². The van der Waals surface area contributed by atoms with E-state index >= 15 is 0 Å². The third kappa shape index (κ3) is 6.10. The van der Waals surface area contributed by atoms with Crippen LogP contribution in [0.3, 0.4) is 0 Å². The Kier molecular flexibility index (Phi) is 8.02. The van der Waals surface area contributed by atoms with Crippen LogP contribution in [0.1, 0.15) is 33.2 Å². The number of hydrazone groups is 1. The van der Waals surface area contributed by atoms with Gasteiger partial charge < -0.3 is 18.9 Å². The molecule has 3 aromatic carbocycles. The molecule has 0 saturated carbocycles. The van der Waals surface area contributed by atoms with Crippen molar-refractivity contribution in [3.8, 4) is 23.0 Å². The van der Waals surface area contributed by atoms with Crippen LogP contribution in [-0.2, 0) is 0 Å². The average Bonchev–Trinajstić information content (AvgIpc) is 2.85. The molecule has 0 spiro atoms. The summed E-state index contributed by atoms with van der Waals surface area (Å²) in [5.41, 5.74) is 3.83. The molecule has 170 valence electrons. The first-order valence-corrected chi connectivity index (χ1v) is 10.1. The minimum atomic E-state index is -0.526. The van der Waals surface area contributed by atoms with Gasteiger partial charge in [-0.2, -0.15) is 5.10 Å². The van der Waals surface area contributed by atoms with E-state index in [1.54, 1.807) is 66.7 Å². The lowest BCUT2D eigenvalue weighted by Gasteiger charge is -2.10. The molecule has 1 N–H and O–H groups in total. The fourth-order valence-electron chi connectivity index (χ4n) is 2.92. The summed E-state index contributed by atoms with van der Waals surface area (Å²) in [5, 5.41) is 3.97. The molecule has 3 aromatic rings. The van der Waals surface area contributed by atoms with E-state index in [2.05, 4.69) is 10.5 Å². The van der Waals surface area contributed by atoms with E-state index in [0.717, 1.165) is 0 Å². The first-order chi connectivity index (χ1) is 16.0. The monoisotopic (exact) mass is 448 g/mol. The smallest absolute Gasteiger partial charge is 0.343 e. The molecule has 1 amide bonds. The minimum Gasteiger partial charge on any atom is -0.496 e. The van der Waals surface area contributed by atoms with Crippen LogP contribution in [0.25, 0.3) is 0 Å². The lowest BCUT2D eigenvalue weighted by atomic mass is 10.2. The van der Waals surface area contributed by atoms with Crippen LogP contribution in [-0.4, -0.2) is 38.9 Å². The number of carbonyl (C=O) groups excluding carboxylic acids is 2. The van der Waals surface area contributed by atoms with Gasteiger partial charge in [0.1, 0.15) is 11.5 Å². The summed E-state index contributed by atoms with van der Waals surface area (Å²) in [6, 6.07) is 18.4. The second-order valence-corrected chi connectivity index (χ2v) is 6.66. The van der Waals surface area contributed by atoms with Gasteiger partial charge in [-0.25, -0.2) is 10.2 Å². The molecule has 8 nitrogen and oxygen atoms in total. The van der Waals surface area contributed by atoms with Gasteiger partial charge in [0, 0.05) is 0 Å². The molecular weight excluding hydrogens is 424 g/mol. The number of hydrogen-bond acceptors (Lipinski definition) is 7. The number of para-hydroxylation sites is 1. The Bertz CT molecular complexity index is 1140. The number of methoxy groups -OCH3 is 2. The van der Waals surface area contributed by atoms with Gasteiger partial charge in [0.05, 0.1) is 38.2 Å². The molecule has 0 bridgehead atoms. The lowest BCUT2D eigenvalue weighted by Crippen LogP contribution is -2.18. The fourth-order valence-corrected chi connectivity index (χ4v) is 2.92. The topological polar surface area (TPSA) is 95.5 Å². The van der Waals surface area contributed by atoms with Gasteiger partial charge in [0.25, 0.3) is 5.91 Å². The van der Waals surface area contributed by atoms with Gasteiger partial charge >= 0.3 is 5.97 Å². The summed E-state index contributed by atoms with van der Waals surface area (Å²) in [4.78, 5) is 24.8. The molecule has 0 atom stereocenters. The van der Waals surface area contributed by atoms with Crippen LogP contribution < -0.4 is 24.4 Å². The first kappa shape index (κ1) is 23.3. The van der Waals surface area contributed by atoms with E-state index in [4.69, 9.17) is 18.9 Å². The highest BCUT2D eigenvalue weighted by Gasteiger charge is 2.13. The quantitative estimate of drug-likeness (QED) is 0.229. The predicted octanol–water partition coefficient (Wildman–Crippen LogP) is 4.09. The van der Waals surface area contributed by atoms with E-state index in [0.29, 0.717) is 40.5 Å². The summed E-state index contributed by atoms with van der Waals surface area (Å²) < 4.78 is 21.4. The number of rotatable bonds is 9. The molecule has 0 aliphatic rings. The summed E-state index contributed by atoms with van der Waals surface area (Å²) in [6.07, 6.45) is 1.45. The number of hydrogen-bond donors (Lipinski definition) is 1. The molecule has 0 radical (unpaired) electrons. The zero-order valence-electron chi connectivity index (χ0n) is 18.5. The van der Waals surface area contributed by atoms with Gasteiger partial charge in [-0.15, -0.1) is 0 Å². The Hall–Kier alpha value is -4.33. The van der Waals surface area contributed by atoms with Gasteiger partial charge in [-0.3, -0.25) is 4.79 Å². The Morgan fingerprint density at radius 1 is 0.909 bits per heavy atom. The van der Waals surface area contributed by atoms with Crippen LogP contribution in [0.15, 0.2) is 71.8 Å². The number of amides is 1. The molecule has 0 unspecified atom stereocenters. The third-order valence-electron chi connectivity index (χ3n) is 4.52. The van der Waals surface area contributed by atoms with E-state index < -0.39 is 11.9 Å². The summed E-state index contributed by atoms with van der Waals surface area (Å²) >= 11 is 0. The lowest BCUT2D eigenvalue weighted by molar-refractivity contribution is 0.0729. The van der Waals surface area contributed by atoms with Gasteiger partial charge in [0.15, 0.2) is 11.5 Å². The highest BCUT2D eigenvalue weighted by molar-refractivity contribution is 5.97. The second kappa shape index (κ2) is 11.3. The standard InChI is InChI=1S/C25H24N2O6/c1-4-32-19-12-10-18(11-13-19)25(29)33-22-14-9-17(15-23(22)31-3)16-26-27-24(28)20-7-5-6-8-21(20)30-2/h5-16H,4H2,1-3H3,(H,27,28)/b26-16-. The number of ether oxygens (including phenoxy) is 4. The van der Waals surface area contributed by atoms with E-state index in [1.165, 1.54) is 20.4 Å². The zero-order valence-corrected chi connectivity index (χ0v) is 18.5. The molecule has 3 rings (SSSR count). The van der Waals surface area contributed by atoms with E-state index in [1.807, 2.05) is 6.92 Å². The third-order valence-corrected chi connectivity index (χ3v) is 4.52. The normalized spacial score (nSPS) is 10.5. The van der Waals surface area contributed by atoms with Crippen molar-refractivity contribution in [2.75, 3.05) is 20.8 Å². The maximum atomic E-state index is 12.5. The molecular formula is C25H24N2O6. The Morgan fingerprint density at radius 2 is 1.64 bits per heavy atom. The van der Waals surface area contributed by atoms with Crippen LogP contribution in [0, 0.1) is 0 Å². The molecule has 0 aliphatic heterocycles. The SMILES string of the molecule is CCOc1ccc(C(=O)Oc2ccc(/C=N\NC(=O)c3ccccc3OC)cc2OC)cc1. The molecule has 8 heteroatoms. The van der Waals surface area contributed by atoms with Crippen molar-refractivity contribution in [2.45, 2.75) is 6.92 Å². The summed E-state index contributed by atoms with van der Waals surface area (Å²) in [5.74, 6) is 0.790. The zero-order chi connectivity index (χ0) is 23.6. The summed E-state index contributed by atoms with van der Waals surface area (Å²) in [6.45, 7) is 2.43. The van der Waals surface area contributed by atoms with Crippen LogP contribution >= 0.6 is 0 Å². The van der Waals surface area contributed by atoms with Crippen LogP contribution in [0.5, 0.6) is 23.0 Å². The Labute approximate surface area is 191 Å². The number of carbonyl (C=O) groups is 2. The average molecular weight is 448 g/mol. The molecule has 0 heterocycles. The molecule has 33 heavy (non-hydrogen) atoms. The Morgan fingerprint density at radius 3 is 2.33 bits per heavy atom. The minimum absolute atomic E-state index is 0.256. The summed E-state index contributed by atoms with van der Waals surface area (Å²) in [7, 11) is 2.96. The predicted molar refractivity (Wildman–Crippen MR) is 124 cm³/mol. The highest BCUT2D eigenvalue weighted by atomic mass is 16.6. The van der Waals surface area contributed by atoms with Crippen LogP contribution in [0.4, 0.5) is 0 Å². The molecule has 0 aromatic heterocycles. The van der Waals surface area contributed by atoms with E-state index in [-0.39, 0.29) is 5.75 Å². The molecule has 0 aliphatic carbocycles. The van der Waals surface area contributed by atoms with Crippen LogP contribution in [0.2, 0.25) is 0 Å². The number of nitrogens with one attached hydrogen (secondary N) is 1. The fraction of sp³-hybridized carbons (Fsp3) is 0.160. The highest BCUT2D eigenvalue weighted by Crippen LogP contribution is 2.28. The molecule has 0 saturated heterocycles. The Balaban J connectivity index is 1.66. The maximum absolute atomic E-state index is 12.5. The largest absolute Gasteiger partial charge is 0.496 e. The van der Waals surface area contributed by atoms with Crippen molar-refractivity contribution in [2.24, 2.45) is 5.10 Å². The van der Waals surface area contributed by atoms with Crippen molar-refractivity contribution in [3.05, 3.63) is 83.4 Å². The van der Waals surface area contributed by atoms with Crippen molar-refractivity contribution >= 4 is 18.1 Å². The van der Waals surface area contributed by atoms with Crippen molar-refractivity contribution in [1.82, 2.24) is 5.43 Å². The van der Waals surface area contributed by atoms with Crippen molar-refractivity contribution in [1.29, 1.82) is 0 Å². The van der Waals surface area contributed by atoms with Gasteiger partial charge in [-0.05, 0) is 67.1 Å². The number of esters is 1. The maximum Gasteiger partial charge on any atom is 0.343 e. The number of nitrogens with zero attached hydrogens (tertiary/aromatic N) is 1.